The van der Waals surface area contributed by atoms with Gasteiger partial charge in [0.15, 0.2) is 0 Å². The number of ether oxygens (including phenoxy) is 1. The maximum Gasteiger partial charge on any atom is 0.348 e. The van der Waals surface area contributed by atoms with E-state index in [1.807, 2.05) is 27.9 Å². The number of nitrogens with zero attached hydrogens (tertiary/aromatic N) is 5. The highest BCUT2D eigenvalue weighted by molar-refractivity contribution is 7.20. The largest absolute Gasteiger partial charge is 0.462 e. The lowest BCUT2D eigenvalue weighted by atomic mass is 10.1. The van der Waals surface area contributed by atoms with Gasteiger partial charge in [-0.3, -0.25) is 0 Å². The van der Waals surface area contributed by atoms with Crippen LogP contribution in [0.25, 0.3) is 10.2 Å². The van der Waals surface area contributed by atoms with E-state index in [0.717, 1.165) is 53.6 Å². The Balaban J connectivity index is 1.69. The predicted molar refractivity (Wildman–Crippen MR) is 131 cm³/mol. The lowest BCUT2D eigenvalue weighted by Crippen LogP contribution is -2.47. The highest BCUT2D eigenvalue weighted by Crippen LogP contribution is 2.36. The van der Waals surface area contributed by atoms with Gasteiger partial charge in [0.1, 0.15) is 21.3 Å². The third-order valence-corrected chi connectivity index (χ3v) is 6.94. The summed E-state index contributed by atoms with van der Waals surface area (Å²) in [6.45, 7) is 10.6. The van der Waals surface area contributed by atoms with Gasteiger partial charge >= 0.3 is 5.97 Å². The number of anilines is 2. The molecule has 3 heterocycles. The van der Waals surface area contributed by atoms with Crippen molar-refractivity contribution in [2.24, 2.45) is 0 Å². The Kier molecular flexibility index (Phi) is 6.62. The molecule has 0 unspecified atom stereocenters. The third-order valence-electron chi connectivity index (χ3n) is 5.77. The average molecular weight is 454 g/mol. The second-order valence-corrected chi connectivity index (χ2v) is 9.42. The summed E-state index contributed by atoms with van der Waals surface area (Å²) in [5.41, 5.74) is 3.51. The van der Waals surface area contributed by atoms with Crippen LogP contribution in [0.3, 0.4) is 0 Å². The van der Waals surface area contributed by atoms with Crippen LogP contribution in [0.15, 0.2) is 24.3 Å². The summed E-state index contributed by atoms with van der Waals surface area (Å²) in [5.74, 6) is 1.42. The van der Waals surface area contributed by atoms with Gasteiger partial charge in [0.05, 0.1) is 18.5 Å². The molecular weight excluding hydrogens is 422 g/mol. The fraction of sp³-hybridized carbons (Fsp3) is 0.458. The number of rotatable bonds is 6. The Morgan fingerprint density at radius 2 is 1.78 bits per heavy atom. The molecule has 7 nitrogen and oxygen atoms in total. The SMILES string of the molecule is CCOC(=O)c1sc2nc(CN(C)C)nc(N3CCN(c4ccccc4C)CC3)c2c1C. The zero-order chi connectivity index (χ0) is 22.8. The van der Waals surface area contributed by atoms with Gasteiger partial charge in [0, 0.05) is 31.9 Å². The number of para-hydroxylation sites is 1. The van der Waals surface area contributed by atoms with Crippen LogP contribution < -0.4 is 9.80 Å². The smallest absolute Gasteiger partial charge is 0.348 e. The third kappa shape index (κ3) is 4.42. The van der Waals surface area contributed by atoms with Gasteiger partial charge in [0.25, 0.3) is 0 Å². The van der Waals surface area contributed by atoms with Crippen LogP contribution in [0, 0.1) is 13.8 Å². The maximum absolute atomic E-state index is 12.5. The molecule has 0 saturated carbocycles. The fourth-order valence-electron chi connectivity index (χ4n) is 4.21. The van der Waals surface area contributed by atoms with E-state index < -0.39 is 0 Å². The minimum Gasteiger partial charge on any atom is -0.462 e. The Hall–Kier alpha value is -2.71. The molecule has 0 radical (unpaired) electrons. The van der Waals surface area contributed by atoms with Crippen LogP contribution in [0.4, 0.5) is 11.5 Å². The van der Waals surface area contributed by atoms with Gasteiger partial charge in [0.2, 0.25) is 0 Å². The number of esters is 1. The van der Waals surface area contributed by atoms with E-state index in [2.05, 4.69) is 45.9 Å². The first-order valence-corrected chi connectivity index (χ1v) is 11.9. The molecule has 8 heteroatoms. The Morgan fingerprint density at radius 3 is 2.44 bits per heavy atom. The van der Waals surface area contributed by atoms with E-state index >= 15 is 0 Å². The Morgan fingerprint density at radius 1 is 1.09 bits per heavy atom. The number of fused-ring (bicyclic) bond motifs is 1. The van der Waals surface area contributed by atoms with Gasteiger partial charge in [-0.05, 0) is 52.1 Å². The van der Waals surface area contributed by atoms with Crippen molar-refractivity contribution in [2.75, 3.05) is 56.7 Å². The van der Waals surface area contributed by atoms with Crippen molar-refractivity contribution in [1.29, 1.82) is 0 Å². The molecule has 0 atom stereocenters. The van der Waals surface area contributed by atoms with Crippen molar-refractivity contribution >= 4 is 39.0 Å². The standard InChI is InChI=1S/C24H31N5O2S/c1-6-31-24(30)21-17(3)20-22(25-19(15-27(4)5)26-23(20)32-21)29-13-11-28(12-14-29)18-10-8-7-9-16(18)2/h7-10H,6,11-15H2,1-5H3. The Labute approximate surface area is 193 Å². The molecule has 1 saturated heterocycles. The molecule has 32 heavy (non-hydrogen) atoms. The zero-order valence-electron chi connectivity index (χ0n) is 19.5. The van der Waals surface area contributed by atoms with E-state index in [0.29, 0.717) is 18.0 Å². The van der Waals surface area contributed by atoms with Crippen LogP contribution in [-0.4, -0.2) is 67.7 Å². The van der Waals surface area contributed by atoms with Gasteiger partial charge in [-0.25, -0.2) is 14.8 Å². The molecule has 1 aliphatic rings. The minimum absolute atomic E-state index is 0.280. The van der Waals surface area contributed by atoms with Crippen LogP contribution >= 0.6 is 11.3 Å². The maximum atomic E-state index is 12.5. The monoisotopic (exact) mass is 453 g/mol. The molecule has 3 aromatic rings. The van der Waals surface area contributed by atoms with Crippen molar-refractivity contribution in [3.05, 3.63) is 46.1 Å². The lowest BCUT2D eigenvalue weighted by molar-refractivity contribution is 0.0531. The number of hydrogen-bond acceptors (Lipinski definition) is 8. The number of aryl methyl sites for hydroxylation is 2. The van der Waals surface area contributed by atoms with Gasteiger partial charge in [-0.15, -0.1) is 11.3 Å². The molecule has 4 rings (SSSR count). The highest BCUT2D eigenvalue weighted by atomic mass is 32.1. The number of carbonyl (C=O) groups excluding carboxylic acids is 1. The first-order valence-electron chi connectivity index (χ1n) is 11.1. The van der Waals surface area contributed by atoms with Crippen molar-refractivity contribution in [3.63, 3.8) is 0 Å². The first-order chi connectivity index (χ1) is 15.4. The number of piperazine rings is 1. The van der Waals surface area contributed by atoms with Crippen molar-refractivity contribution in [3.8, 4) is 0 Å². The molecule has 1 aromatic carbocycles. The first kappa shape index (κ1) is 22.5. The molecule has 0 spiro atoms. The molecule has 1 fully saturated rings. The fourth-order valence-corrected chi connectivity index (χ4v) is 5.30. The number of hydrogen-bond donors (Lipinski definition) is 0. The van der Waals surface area contributed by atoms with E-state index in [1.54, 1.807) is 0 Å². The molecule has 1 aliphatic heterocycles. The van der Waals surface area contributed by atoms with Crippen molar-refractivity contribution < 1.29 is 9.53 Å². The number of aromatic nitrogens is 2. The van der Waals surface area contributed by atoms with Gasteiger partial charge < -0.3 is 19.4 Å². The summed E-state index contributed by atoms with van der Waals surface area (Å²) in [6, 6.07) is 8.54. The summed E-state index contributed by atoms with van der Waals surface area (Å²) < 4.78 is 5.29. The molecule has 2 aromatic heterocycles. The predicted octanol–water partition coefficient (Wildman–Crippen LogP) is 3.87. The summed E-state index contributed by atoms with van der Waals surface area (Å²) in [4.78, 5) is 30.6. The van der Waals surface area contributed by atoms with Crippen LogP contribution in [-0.2, 0) is 11.3 Å². The summed E-state index contributed by atoms with van der Waals surface area (Å²) in [7, 11) is 4.02. The normalized spacial score (nSPS) is 14.4. The molecule has 0 N–H and O–H groups in total. The molecule has 170 valence electrons. The van der Waals surface area contributed by atoms with E-state index in [9.17, 15) is 4.79 Å². The quantitative estimate of drug-likeness (QED) is 0.525. The number of benzene rings is 1. The molecule has 0 aliphatic carbocycles. The summed E-state index contributed by atoms with van der Waals surface area (Å²) in [5, 5.41) is 0.977. The van der Waals surface area contributed by atoms with Crippen molar-refractivity contribution in [2.45, 2.75) is 27.3 Å². The zero-order valence-corrected chi connectivity index (χ0v) is 20.3. The number of thiophene rings is 1. The van der Waals surface area contributed by atoms with E-state index in [-0.39, 0.29) is 5.97 Å². The average Bonchev–Trinajstić information content (AvgIpc) is 3.10. The molecule has 0 bridgehead atoms. The second-order valence-electron chi connectivity index (χ2n) is 8.42. The highest BCUT2D eigenvalue weighted by Gasteiger charge is 2.26. The van der Waals surface area contributed by atoms with E-state index in [1.165, 1.54) is 22.6 Å². The van der Waals surface area contributed by atoms with Crippen molar-refractivity contribution in [1.82, 2.24) is 14.9 Å². The molecular formula is C24H31N5O2S. The molecule has 0 amide bonds. The Bertz CT molecular complexity index is 1120. The van der Waals surface area contributed by atoms with Gasteiger partial charge in [-0.1, -0.05) is 18.2 Å². The second kappa shape index (κ2) is 9.42. The topological polar surface area (TPSA) is 61.8 Å². The lowest BCUT2D eigenvalue weighted by Gasteiger charge is -2.37. The summed E-state index contributed by atoms with van der Waals surface area (Å²) in [6.07, 6.45) is 0. The van der Waals surface area contributed by atoms with E-state index in [4.69, 9.17) is 14.7 Å². The van der Waals surface area contributed by atoms with Gasteiger partial charge in [-0.2, -0.15) is 0 Å². The van der Waals surface area contributed by atoms with Crippen LogP contribution in [0.5, 0.6) is 0 Å². The summed E-state index contributed by atoms with van der Waals surface area (Å²) >= 11 is 1.41. The van der Waals surface area contributed by atoms with Crippen LogP contribution in [0.2, 0.25) is 0 Å². The van der Waals surface area contributed by atoms with Crippen LogP contribution in [0.1, 0.15) is 33.5 Å². The number of carbonyl (C=O) groups is 1. The minimum atomic E-state index is -0.280.